The summed E-state index contributed by atoms with van der Waals surface area (Å²) in [6.07, 6.45) is 1.62. The Morgan fingerprint density at radius 1 is 1.41 bits per heavy atom. The molecule has 3 nitrogen and oxygen atoms in total. The van der Waals surface area contributed by atoms with Crippen LogP contribution in [0.25, 0.3) is 0 Å². The van der Waals surface area contributed by atoms with Crippen LogP contribution in [-0.2, 0) is 6.42 Å². The Hall–Kier alpha value is -1.53. The van der Waals surface area contributed by atoms with Crippen molar-refractivity contribution in [1.29, 1.82) is 5.26 Å². The number of ether oxygens (including phenoxy) is 1. The molecule has 0 aliphatic rings. The summed E-state index contributed by atoms with van der Waals surface area (Å²) in [5.74, 6) is 0.923. The highest BCUT2D eigenvalue weighted by atomic mass is 16.5. The predicted octanol–water partition coefficient (Wildman–Crippen LogP) is 2.52. The molecule has 0 aromatic heterocycles. The molecule has 0 spiro atoms. The molecule has 3 heteroatoms. The lowest BCUT2D eigenvalue weighted by Crippen LogP contribution is -2.39. The number of para-hydroxylation sites is 1. The van der Waals surface area contributed by atoms with E-state index in [1.165, 1.54) is 5.56 Å². The first-order chi connectivity index (χ1) is 8.15. The molecule has 0 bridgehead atoms. The van der Waals surface area contributed by atoms with Gasteiger partial charge in [-0.1, -0.05) is 25.1 Å². The third kappa shape index (κ3) is 3.76. The molecule has 0 amide bonds. The average molecular weight is 232 g/mol. The number of hydrogen-bond acceptors (Lipinski definition) is 3. The summed E-state index contributed by atoms with van der Waals surface area (Å²) in [5.41, 5.74) is 0.692. The van der Waals surface area contributed by atoms with Crippen molar-refractivity contribution in [3.63, 3.8) is 0 Å². The van der Waals surface area contributed by atoms with Crippen molar-refractivity contribution in [3.8, 4) is 11.8 Å². The smallest absolute Gasteiger partial charge is 0.122 e. The van der Waals surface area contributed by atoms with Crippen LogP contribution in [0, 0.1) is 11.3 Å². The Kier molecular flexibility index (Phi) is 4.99. The lowest BCUT2D eigenvalue weighted by Gasteiger charge is -2.21. The van der Waals surface area contributed by atoms with Crippen molar-refractivity contribution < 1.29 is 4.74 Å². The van der Waals surface area contributed by atoms with Crippen LogP contribution in [0.1, 0.15) is 25.8 Å². The Morgan fingerprint density at radius 3 is 2.71 bits per heavy atom. The third-order valence-electron chi connectivity index (χ3n) is 3.01. The largest absolute Gasteiger partial charge is 0.493 e. The van der Waals surface area contributed by atoms with Gasteiger partial charge in [0.1, 0.15) is 11.3 Å². The van der Waals surface area contributed by atoms with Gasteiger partial charge in [0.25, 0.3) is 0 Å². The highest BCUT2D eigenvalue weighted by Gasteiger charge is 2.20. The van der Waals surface area contributed by atoms with Crippen LogP contribution in [0.5, 0.6) is 5.75 Å². The van der Waals surface area contributed by atoms with Crippen molar-refractivity contribution in [2.45, 2.75) is 32.2 Å². The van der Waals surface area contributed by atoms with E-state index >= 15 is 0 Å². The first kappa shape index (κ1) is 13.5. The lowest BCUT2D eigenvalue weighted by molar-refractivity contribution is 0.271. The average Bonchev–Trinajstić information content (AvgIpc) is 2.39. The van der Waals surface area contributed by atoms with Gasteiger partial charge in [-0.2, -0.15) is 5.26 Å². The highest BCUT2D eigenvalue weighted by Crippen LogP contribution is 2.19. The number of aryl methyl sites for hydroxylation is 1. The van der Waals surface area contributed by atoms with E-state index in [1.807, 2.05) is 25.1 Å². The summed E-state index contributed by atoms with van der Waals surface area (Å²) in [7, 11) is 1.79. The number of nitrogens with zero attached hydrogens (tertiary/aromatic N) is 1. The zero-order valence-corrected chi connectivity index (χ0v) is 10.8. The van der Waals surface area contributed by atoms with Crippen molar-refractivity contribution in [2.75, 3.05) is 13.7 Å². The number of rotatable bonds is 6. The normalized spacial score (nSPS) is 13.8. The van der Waals surface area contributed by atoms with E-state index in [0.717, 1.165) is 12.2 Å². The molecule has 1 rings (SSSR count). The first-order valence-electron chi connectivity index (χ1n) is 5.96. The van der Waals surface area contributed by atoms with Crippen LogP contribution in [0.4, 0.5) is 0 Å². The van der Waals surface area contributed by atoms with E-state index in [-0.39, 0.29) is 0 Å². The summed E-state index contributed by atoms with van der Waals surface area (Å²) < 4.78 is 5.74. The van der Waals surface area contributed by atoms with Crippen molar-refractivity contribution in [3.05, 3.63) is 29.8 Å². The molecule has 1 aromatic carbocycles. The minimum Gasteiger partial charge on any atom is -0.493 e. The molecule has 0 aliphatic carbocycles. The first-order valence-corrected chi connectivity index (χ1v) is 5.96. The molecule has 1 aromatic rings. The van der Waals surface area contributed by atoms with Gasteiger partial charge in [0, 0.05) is 6.42 Å². The van der Waals surface area contributed by atoms with E-state index < -0.39 is 5.54 Å². The maximum Gasteiger partial charge on any atom is 0.122 e. The fraction of sp³-hybridized carbons (Fsp3) is 0.500. The molecule has 0 radical (unpaired) electrons. The molecule has 92 valence electrons. The van der Waals surface area contributed by atoms with E-state index in [1.54, 1.807) is 7.05 Å². The van der Waals surface area contributed by atoms with Crippen LogP contribution >= 0.6 is 0 Å². The SMILES string of the molecule is CCc1ccccc1OCCC(C)(C#N)NC. The second-order valence-electron chi connectivity index (χ2n) is 4.25. The van der Waals surface area contributed by atoms with Crippen molar-refractivity contribution in [2.24, 2.45) is 0 Å². The highest BCUT2D eigenvalue weighted by molar-refractivity contribution is 5.33. The monoisotopic (exact) mass is 232 g/mol. The fourth-order valence-electron chi connectivity index (χ4n) is 1.54. The molecule has 0 aliphatic heterocycles. The third-order valence-corrected chi connectivity index (χ3v) is 3.01. The van der Waals surface area contributed by atoms with Crippen LogP contribution in [0.2, 0.25) is 0 Å². The molecule has 0 heterocycles. The van der Waals surface area contributed by atoms with Gasteiger partial charge in [0.05, 0.1) is 12.7 Å². The van der Waals surface area contributed by atoms with Crippen LogP contribution < -0.4 is 10.1 Å². The summed E-state index contributed by atoms with van der Waals surface area (Å²) in [4.78, 5) is 0. The van der Waals surface area contributed by atoms with Gasteiger partial charge in [0.15, 0.2) is 0 Å². The molecule has 1 atom stereocenters. The van der Waals surface area contributed by atoms with Gasteiger partial charge in [-0.15, -0.1) is 0 Å². The van der Waals surface area contributed by atoms with Crippen molar-refractivity contribution >= 4 is 0 Å². The van der Waals surface area contributed by atoms with Crippen molar-refractivity contribution in [1.82, 2.24) is 5.32 Å². The molecule has 0 fully saturated rings. The summed E-state index contributed by atoms with van der Waals surface area (Å²) in [6.45, 7) is 4.53. The minimum absolute atomic E-state index is 0.513. The van der Waals surface area contributed by atoms with Gasteiger partial charge in [-0.25, -0.2) is 0 Å². The maximum absolute atomic E-state index is 9.02. The molecule has 0 saturated carbocycles. The summed E-state index contributed by atoms with van der Waals surface area (Å²) in [5, 5.41) is 12.0. The standard InChI is InChI=1S/C14H20N2O/c1-4-12-7-5-6-8-13(12)17-10-9-14(2,11-15)16-3/h5-8,16H,4,9-10H2,1-3H3. The topological polar surface area (TPSA) is 45.0 Å². The van der Waals surface area contributed by atoms with E-state index in [9.17, 15) is 0 Å². The van der Waals surface area contributed by atoms with Gasteiger partial charge < -0.3 is 10.1 Å². The van der Waals surface area contributed by atoms with Gasteiger partial charge in [-0.05, 0) is 32.0 Å². The predicted molar refractivity (Wildman–Crippen MR) is 69.0 cm³/mol. The number of nitriles is 1. The Labute approximate surface area is 103 Å². The van der Waals surface area contributed by atoms with Crippen LogP contribution in [0.15, 0.2) is 24.3 Å². The molecule has 17 heavy (non-hydrogen) atoms. The Morgan fingerprint density at radius 2 is 2.12 bits per heavy atom. The second-order valence-corrected chi connectivity index (χ2v) is 4.25. The molecule has 1 unspecified atom stereocenters. The van der Waals surface area contributed by atoms with E-state index in [0.29, 0.717) is 13.0 Å². The summed E-state index contributed by atoms with van der Waals surface area (Å²) in [6, 6.07) is 10.3. The van der Waals surface area contributed by atoms with E-state index in [2.05, 4.69) is 24.4 Å². The van der Waals surface area contributed by atoms with Gasteiger partial charge >= 0.3 is 0 Å². The van der Waals surface area contributed by atoms with Gasteiger partial charge in [0.2, 0.25) is 0 Å². The zero-order valence-electron chi connectivity index (χ0n) is 10.8. The quantitative estimate of drug-likeness (QED) is 0.819. The minimum atomic E-state index is -0.513. The number of nitrogens with one attached hydrogen (secondary N) is 1. The Bertz CT molecular complexity index is 397. The summed E-state index contributed by atoms with van der Waals surface area (Å²) >= 11 is 0. The van der Waals surface area contributed by atoms with Crippen LogP contribution in [0.3, 0.4) is 0 Å². The van der Waals surface area contributed by atoms with Gasteiger partial charge in [-0.3, -0.25) is 0 Å². The Balaban J connectivity index is 2.54. The van der Waals surface area contributed by atoms with E-state index in [4.69, 9.17) is 10.00 Å². The number of benzene rings is 1. The van der Waals surface area contributed by atoms with Crippen LogP contribution in [-0.4, -0.2) is 19.2 Å². The maximum atomic E-state index is 9.02. The number of hydrogen-bond donors (Lipinski definition) is 1. The molecule has 0 saturated heterocycles. The molecule has 1 N–H and O–H groups in total. The second kappa shape index (κ2) is 6.27. The zero-order chi connectivity index (χ0) is 12.7. The molecular weight excluding hydrogens is 212 g/mol. The lowest BCUT2D eigenvalue weighted by atomic mass is 10.0. The fourth-order valence-corrected chi connectivity index (χ4v) is 1.54. The molecular formula is C14H20N2O.